The Labute approximate surface area is 174 Å². The summed E-state index contributed by atoms with van der Waals surface area (Å²) in [7, 11) is -0.346. The average molecular weight is 476 g/mol. The molecule has 1 aromatic heterocycles. The Morgan fingerprint density at radius 3 is 2.66 bits per heavy atom. The van der Waals surface area contributed by atoms with Crippen LogP contribution in [0.4, 0.5) is 28.8 Å². The number of benzene rings is 2. The van der Waals surface area contributed by atoms with Gasteiger partial charge in [0, 0.05) is 18.3 Å². The van der Waals surface area contributed by atoms with Gasteiger partial charge < -0.3 is 15.4 Å². The van der Waals surface area contributed by atoms with Crippen LogP contribution in [0.2, 0.25) is 0 Å². The maximum absolute atomic E-state index is 11.9. The molecule has 11 heteroatoms. The number of nitro groups is 1. The number of hydrogen-bond donors (Lipinski definition) is 2. The number of nitrogens with zero attached hydrogens (tertiary/aromatic N) is 3. The molecule has 29 heavy (non-hydrogen) atoms. The highest BCUT2D eigenvalue weighted by Gasteiger charge is 2.14. The first kappa shape index (κ1) is 20.5. The van der Waals surface area contributed by atoms with Crippen LogP contribution in [-0.2, 0) is 4.57 Å². The second-order valence-electron chi connectivity index (χ2n) is 5.68. The maximum Gasteiger partial charge on any atom is 0.271 e. The molecule has 148 valence electrons. The van der Waals surface area contributed by atoms with Crippen molar-refractivity contribution in [1.29, 1.82) is 0 Å². The first-order valence-corrected chi connectivity index (χ1v) is 10.4. The monoisotopic (exact) mass is 475 g/mol. The fourth-order valence-electron chi connectivity index (χ4n) is 2.47. The number of nitrogens with one attached hydrogen (secondary N) is 2. The number of halogens is 1. The lowest BCUT2D eigenvalue weighted by molar-refractivity contribution is -0.384. The van der Waals surface area contributed by atoms with Gasteiger partial charge in [0.2, 0.25) is 5.95 Å². The second kappa shape index (κ2) is 8.85. The van der Waals surface area contributed by atoms with Gasteiger partial charge in [-0.2, -0.15) is 4.98 Å². The summed E-state index contributed by atoms with van der Waals surface area (Å²) in [6.07, 6.45) is 5.11. The summed E-state index contributed by atoms with van der Waals surface area (Å²) in [5.74, 6) is 0.998. The third-order valence-electron chi connectivity index (χ3n) is 3.81. The zero-order valence-electron chi connectivity index (χ0n) is 15.1. The fraction of sp³-hybridized carbons (Fsp3) is 0.0556. The van der Waals surface area contributed by atoms with E-state index in [-0.39, 0.29) is 11.6 Å². The van der Waals surface area contributed by atoms with Crippen molar-refractivity contribution in [3.05, 3.63) is 63.2 Å². The Balaban J connectivity index is 1.95. The molecule has 0 aliphatic rings. The van der Waals surface area contributed by atoms with E-state index in [2.05, 4.69) is 42.8 Å². The normalized spacial score (nSPS) is 10.9. The highest BCUT2D eigenvalue weighted by molar-refractivity contribution is 9.10. The highest BCUT2D eigenvalue weighted by Crippen LogP contribution is 2.32. The van der Waals surface area contributed by atoms with Crippen LogP contribution in [0.3, 0.4) is 0 Å². The molecule has 0 aliphatic heterocycles. The molecule has 9 nitrogen and oxygen atoms in total. The van der Waals surface area contributed by atoms with E-state index in [0.717, 1.165) is 0 Å². The molecular formula is C18H15BrN5O4P. The van der Waals surface area contributed by atoms with E-state index in [9.17, 15) is 14.7 Å². The van der Waals surface area contributed by atoms with E-state index < -0.39 is 12.3 Å². The lowest BCUT2D eigenvalue weighted by Crippen LogP contribution is -2.07. The van der Waals surface area contributed by atoms with Gasteiger partial charge in [-0.3, -0.25) is 14.7 Å². The summed E-state index contributed by atoms with van der Waals surface area (Å²) in [6, 6.07) is 11.2. The Morgan fingerprint density at radius 1 is 1.21 bits per heavy atom. The number of rotatable bonds is 7. The summed E-state index contributed by atoms with van der Waals surface area (Å²) < 4.78 is 17.7. The third-order valence-corrected chi connectivity index (χ3v) is 5.32. The lowest BCUT2D eigenvalue weighted by Gasteiger charge is -2.13. The number of para-hydroxylation sites is 1. The van der Waals surface area contributed by atoms with E-state index in [1.165, 1.54) is 31.5 Å². The van der Waals surface area contributed by atoms with Crippen molar-refractivity contribution in [2.45, 2.75) is 0 Å². The number of hydrogen-bond acceptors (Lipinski definition) is 8. The van der Waals surface area contributed by atoms with Crippen molar-refractivity contribution >= 4 is 63.8 Å². The van der Waals surface area contributed by atoms with Crippen LogP contribution in [0, 0.1) is 10.1 Å². The molecule has 0 radical (unpaired) electrons. The highest BCUT2D eigenvalue weighted by atomic mass is 79.9. The summed E-state index contributed by atoms with van der Waals surface area (Å²) >= 11 is 3.38. The number of methoxy groups -OCH3 is 1. The fourth-order valence-corrected chi connectivity index (χ4v) is 3.41. The number of aromatic nitrogens is 2. The standard InChI is InChI=1S/C18H15BrN5O4P/c1-28-15-8-7-11(24(25)26)9-14(15)22-18-20-10-12(19)17(23-18)21-13-5-3-4-6-16(13)29(2)27/h3-10H,2H2,1H3,(H2,20,21,22,23). The Morgan fingerprint density at radius 2 is 1.97 bits per heavy atom. The van der Waals surface area contributed by atoms with E-state index in [0.29, 0.717) is 32.7 Å². The van der Waals surface area contributed by atoms with Gasteiger partial charge in [0.05, 0.1) is 33.2 Å². The maximum atomic E-state index is 11.9. The molecule has 0 bridgehead atoms. The van der Waals surface area contributed by atoms with Gasteiger partial charge in [-0.1, -0.05) is 12.1 Å². The molecular weight excluding hydrogens is 461 g/mol. The molecule has 1 unspecified atom stereocenters. The van der Waals surface area contributed by atoms with E-state index in [1.54, 1.807) is 24.3 Å². The smallest absolute Gasteiger partial charge is 0.271 e. The molecule has 2 aromatic carbocycles. The van der Waals surface area contributed by atoms with Crippen LogP contribution in [0.5, 0.6) is 5.75 Å². The molecule has 0 saturated heterocycles. The van der Waals surface area contributed by atoms with Crippen LogP contribution in [0.15, 0.2) is 53.1 Å². The van der Waals surface area contributed by atoms with E-state index >= 15 is 0 Å². The zero-order valence-corrected chi connectivity index (χ0v) is 17.6. The molecule has 1 heterocycles. The van der Waals surface area contributed by atoms with E-state index in [4.69, 9.17) is 4.74 Å². The minimum absolute atomic E-state index is 0.100. The zero-order chi connectivity index (χ0) is 21.0. The number of non-ortho nitro benzene ring substituents is 1. The van der Waals surface area contributed by atoms with Crippen LogP contribution in [0.1, 0.15) is 0 Å². The van der Waals surface area contributed by atoms with Gasteiger partial charge in [0.15, 0.2) is 0 Å². The van der Waals surface area contributed by atoms with Crippen molar-refractivity contribution in [2.24, 2.45) is 0 Å². The van der Waals surface area contributed by atoms with Gasteiger partial charge in [0.1, 0.15) is 19.0 Å². The van der Waals surface area contributed by atoms with Crippen LogP contribution >= 0.6 is 23.4 Å². The summed E-state index contributed by atoms with van der Waals surface area (Å²) in [5.41, 5.74) is 0.843. The molecule has 0 spiro atoms. The molecule has 1 atom stereocenters. The SMILES string of the molecule is C=P(=O)c1ccccc1Nc1nc(Nc2cc([N+](=O)[O-])ccc2OC)ncc1Br. The first-order valence-electron chi connectivity index (χ1n) is 8.15. The number of ether oxygens (including phenoxy) is 1. The third kappa shape index (κ3) is 4.79. The van der Waals surface area contributed by atoms with E-state index in [1.807, 2.05) is 0 Å². The molecule has 2 N–H and O–H groups in total. The Bertz CT molecular complexity index is 1140. The average Bonchev–Trinajstić information content (AvgIpc) is 2.70. The Kier molecular flexibility index (Phi) is 6.26. The van der Waals surface area contributed by atoms with Crippen molar-refractivity contribution < 1.29 is 14.2 Å². The van der Waals surface area contributed by atoms with Crippen LogP contribution in [0.25, 0.3) is 0 Å². The summed E-state index contributed by atoms with van der Waals surface area (Å²) in [4.78, 5) is 19.1. The molecule has 0 fully saturated rings. The van der Waals surface area contributed by atoms with Crippen LogP contribution < -0.4 is 20.7 Å². The predicted octanol–water partition coefficient (Wildman–Crippen LogP) is 4.53. The Hall–Kier alpha value is -3.23. The van der Waals surface area contributed by atoms with Gasteiger partial charge >= 0.3 is 0 Å². The molecule has 0 aliphatic carbocycles. The van der Waals surface area contributed by atoms with Crippen molar-refractivity contribution in [3.63, 3.8) is 0 Å². The van der Waals surface area contributed by atoms with Crippen LogP contribution in [-0.4, -0.2) is 28.3 Å². The molecule has 0 amide bonds. The largest absolute Gasteiger partial charge is 0.495 e. The lowest BCUT2D eigenvalue weighted by atomic mass is 10.2. The van der Waals surface area contributed by atoms with Crippen molar-refractivity contribution in [1.82, 2.24) is 9.97 Å². The topological polar surface area (TPSA) is 119 Å². The number of anilines is 4. The summed E-state index contributed by atoms with van der Waals surface area (Å²) in [5, 5.41) is 17.6. The van der Waals surface area contributed by atoms with Crippen molar-refractivity contribution in [2.75, 3.05) is 17.7 Å². The van der Waals surface area contributed by atoms with Gasteiger partial charge in [-0.15, -0.1) is 0 Å². The molecule has 3 aromatic rings. The summed E-state index contributed by atoms with van der Waals surface area (Å²) in [6.45, 7) is 0. The number of nitro benzene ring substituents is 1. The second-order valence-corrected chi connectivity index (χ2v) is 7.77. The minimum atomic E-state index is -1.80. The quantitative estimate of drug-likeness (QED) is 0.290. The van der Waals surface area contributed by atoms with Crippen molar-refractivity contribution in [3.8, 4) is 5.75 Å². The van der Waals surface area contributed by atoms with Gasteiger partial charge in [-0.25, -0.2) is 4.98 Å². The predicted molar refractivity (Wildman–Crippen MR) is 117 cm³/mol. The minimum Gasteiger partial charge on any atom is -0.495 e. The molecule has 0 saturated carbocycles. The first-order chi connectivity index (χ1) is 13.9. The van der Waals surface area contributed by atoms with Gasteiger partial charge in [-0.05, 0) is 40.4 Å². The van der Waals surface area contributed by atoms with Gasteiger partial charge in [0.25, 0.3) is 5.69 Å². The molecule has 3 rings (SSSR count).